The molecule has 1 fully saturated rings. The van der Waals surface area contributed by atoms with E-state index < -0.39 is 18.1 Å². The van der Waals surface area contributed by atoms with Crippen LogP contribution in [-0.4, -0.2) is 12.2 Å². The summed E-state index contributed by atoms with van der Waals surface area (Å²) in [4.78, 5) is 0. The van der Waals surface area contributed by atoms with Gasteiger partial charge in [0.15, 0.2) is 0 Å². The van der Waals surface area contributed by atoms with Gasteiger partial charge in [0, 0.05) is 11.1 Å². The molecule has 1 aromatic carbocycles. The van der Waals surface area contributed by atoms with Crippen LogP contribution in [0, 0.1) is 17.2 Å². The maximum Gasteiger partial charge on any atom is 0.393 e. The number of nitriles is 1. The van der Waals surface area contributed by atoms with Crippen molar-refractivity contribution in [2.75, 3.05) is 5.32 Å². The lowest BCUT2D eigenvalue weighted by molar-refractivity contribution is -0.184. The third-order valence-electron chi connectivity index (χ3n) is 3.63. The van der Waals surface area contributed by atoms with Crippen LogP contribution in [0.3, 0.4) is 0 Å². The Labute approximate surface area is 120 Å². The van der Waals surface area contributed by atoms with E-state index in [1.54, 1.807) is 6.07 Å². The number of nitrogens with one attached hydrogen (secondary N) is 1. The van der Waals surface area contributed by atoms with Crippen molar-refractivity contribution in [3.05, 3.63) is 28.8 Å². The Bertz CT molecular complexity index is 522. The minimum absolute atomic E-state index is 0.129. The fraction of sp³-hybridized carbons (Fsp3) is 0.500. The smallest absolute Gasteiger partial charge is 0.381 e. The van der Waals surface area contributed by atoms with Gasteiger partial charge in [-0.1, -0.05) is 24.4 Å². The summed E-state index contributed by atoms with van der Waals surface area (Å²) >= 11 is 5.85. The number of hydrogen-bond acceptors (Lipinski definition) is 2. The summed E-state index contributed by atoms with van der Waals surface area (Å²) in [5.74, 6) is -1.37. The highest BCUT2D eigenvalue weighted by Crippen LogP contribution is 2.39. The third kappa shape index (κ3) is 3.37. The van der Waals surface area contributed by atoms with Crippen LogP contribution >= 0.6 is 11.6 Å². The van der Waals surface area contributed by atoms with Crippen molar-refractivity contribution in [3.8, 4) is 6.07 Å². The first-order valence-electron chi connectivity index (χ1n) is 6.44. The summed E-state index contributed by atoms with van der Waals surface area (Å²) in [5.41, 5.74) is 0.682. The predicted molar refractivity (Wildman–Crippen MR) is 71.6 cm³/mol. The van der Waals surface area contributed by atoms with E-state index in [0.717, 1.165) is 6.42 Å². The summed E-state index contributed by atoms with van der Waals surface area (Å²) < 4.78 is 39.1. The van der Waals surface area contributed by atoms with Gasteiger partial charge in [0.2, 0.25) is 0 Å². The van der Waals surface area contributed by atoms with E-state index in [1.165, 1.54) is 12.1 Å². The monoisotopic (exact) mass is 302 g/mol. The molecule has 2 unspecified atom stereocenters. The quantitative estimate of drug-likeness (QED) is 0.856. The second-order valence-corrected chi connectivity index (χ2v) is 5.42. The second kappa shape index (κ2) is 5.92. The predicted octanol–water partition coefficient (Wildman–Crippen LogP) is 4.74. The Morgan fingerprint density at radius 1 is 1.25 bits per heavy atom. The number of nitrogens with zero attached hydrogens (tertiary/aromatic N) is 1. The summed E-state index contributed by atoms with van der Waals surface area (Å²) in [5, 5.41) is 12.3. The fourth-order valence-corrected chi connectivity index (χ4v) is 2.80. The van der Waals surface area contributed by atoms with Crippen molar-refractivity contribution in [2.24, 2.45) is 5.92 Å². The van der Waals surface area contributed by atoms with Crippen LogP contribution in [-0.2, 0) is 0 Å². The molecule has 1 aromatic rings. The van der Waals surface area contributed by atoms with Crippen molar-refractivity contribution in [3.63, 3.8) is 0 Å². The molecular weight excluding hydrogens is 289 g/mol. The molecule has 1 N–H and O–H groups in total. The molecule has 2 nitrogen and oxygen atoms in total. The number of alkyl halides is 3. The van der Waals surface area contributed by atoms with Gasteiger partial charge in [-0.05, 0) is 31.0 Å². The highest BCUT2D eigenvalue weighted by molar-refractivity contribution is 6.30. The summed E-state index contributed by atoms with van der Waals surface area (Å²) in [6, 6.07) is 5.82. The van der Waals surface area contributed by atoms with Crippen molar-refractivity contribution in [2.45, 2.75) is 37.9 Å². The van der Waals surface area contributed by atoms with Gasteiger partial charge in [0.05, 0.1) is 17.2 Å². The summed E-state index contributed by atoms with van der Waals surface area (Å²) in [7, 11) is 0. The molecule has 0 aromatic heterocycles. The van der Waals surface area contributed by atoms with E-state index in [9.17, 15) is 13.2 Å². The molecule has 6 heteroatoms. The first-order chi connectivity index (χ1) is 9.41. The number of hydrogen-bond donors (Lipinski definition) is 1. The van der Waals surface area contributed by atoms with Gasteiger partial charge in [-0.15, -0.1) is 0 Å². The minimum Gasteiger partial charge on any atom is -0.381 e. The Morgan fingerprint density at radius 3 is 2.60 bits per heavy atom. The van der Waals surface area contributed by atoms with Crippen molar-refractivity contribution in [1.29, 1.82) is 5.26 Å². The molecule has 20 heavy (non-hydrogen) atoms. The van der Waals surface area contributed by atoms with Gasteiger partial charge in [-0.2, -0.15) is 18.4 Å². The average molecular weight is 303 g/mol. The zero-order valence-corrected chi connectivity index (χ0v) is 11.4. The second-order valence-electron chi connectivity index (χ2n) is 4.99. The Hall–Kier alpha value is -1.41. The maximum atomic E-state index is 13.0. The van der Waals surface area contributed by atoms with Crippen LogP contribution in [0.5, 0.6) is 0 Å². The lowest BCUT2D eigenvalue weighted by Gasteiger charge is -2.34. The van der Waals surface area contributed by atoms with E-state index in [0.29, 0.717) is 29.1 Å². The normalized spacial score (nSPS) is 23.1. The molecule has 0 saturated heterocycles. The molecule has 0 radical (unpaired) electrons. The molecule has 1 saturated carbocycles. The first kappa shape index (κ1) is 15.0. The SMILES string of the molecule is N#Cc1ccc(Cl)cc1NC1CCCCC1C(F)(F)F. The molecule has 0 bridgehead atoms. The lowest BCUT2D eigenvalue weighted by atomic mass is 9.83. The standard InChI is InChI=1S/C14H14ClF3N2/c15-10-6-5-9(8-19)13(7-10)20-12-4-2-1-3-11(12)14(16,17)18/h5-7,11-12,20H,1-4H2. The van der Waals surface area contributed by atoms with Gasteiger partial charge in [0.1, 0.15) is 6.07 Å². The molecule has 1 aliphatic carbocycles. The molecule has 0 aliphatic heterocycles. The van der Waals surface area contributed by atoms with Crippen molar-refractivity contribution < 1.29 is 13.2 Å². The number of anilines is 1. The molecular formula is C14H14ClF3N2. The van der Waals surface area contributed by atoms with Crippen molar-refractivity contribution in [1.82, 2.24) is 0 Å². The fourth-order valence-electron chi connectivity index (χ4n) is 2.63. The van der Waals surface area contributed by atoms with Gasteiger partial charge in [0.25, 0.3) is 0 Å². The van der Waals surface area contributed by atoms with Gasteiger partial charge in [-0.3, -0.25) is 0 Å². The topological polar surface area (TPSA) is 35.8 Å². The molecule has 2 atom stereocenters. The Kier molecular flexibility index (Phi) is 4.44. The zero-order chi connectivity index (χ0) is 14.8. The Morgan fingerprint density at radius 2 is 1.95 bits per heavy atom. The minimum atomic E-state index is -4.22. The number of benzene rings is 1. The summed E-state index contributed by atoms with van der Waals surface area (Å²) in [6.45, 7) is 0. The highest BCUT2D eigenvalue weighted by Gasteiger charge is 2.45. The van der Waals surface area contributed by atoms with E-state index in [2.05, 4.69) is 5.32 Å². The maximum absolute atomic E-state index is 13.0. The van der Waals surface area contributed by atoms with E-state index in [1.807, 2.05) is 6.07 Å². The lowest BCUT2D eigenvalue weighted by Crippen LogP contribution is -2.41. The van der Waals surface area contributed by atoms with Crippen LogP contribution in [0.2, 0.25) is 5.02 Å². The highest BCUT2D eigenvalue weighted by atomic mass is 35.5. The largest absolute Gasteiger partial charge is 0.393 e. The van der Waals surface area contributed by atoms with Crippen LogP contribution in [0.15, 0.2) is 18.2 Å². The molecule has 1 aliphatic rings. The Balaban J connectivity index is 2.23. The van der Waals surface area contributed by atoms with E-state index in [-0.39, 0.29) is 6.42 Å². The van der Waals surface area contributed by atoms with Gasteiger partial charge in [-0.25, -0.2) is 0 Å². The molecule has 0 heterocycles. The molecule has 2 rings (SSSR count). The van der Waals surface area contributed by atoms with Crippen molar-refractivity contribution >= 4 is 17.3 Å². The van der Waals surface area contributed by atoms with Crippen LogP contribution < -0.4 is 5.32 Å². The van der Waals surface area contributed by atoms with Gasteiger partial charge >= 0.3 is 6.18 Å². The summed E-state index contributed by atoms with van der Waals surface area (Å²) in [6.07, 6.45) is -2.30. The van der Waals surface area contributed by atoms with Crippen LogP contribution in [0.1, 0.15) is 31.2 Å². The zero-order valence-electron chi connectivity index (χ0n) is 10.7. The third-order valence-corrected chi connectivity index (χ3v) is 3.86. The average Bonchev–Trinajstić information content (AvgIpc) is 2.38. The molecule has 0 spiro atoms. The van der Waals surface area contributed by atoms with E-state index >= 15 is 0 Å². The molecule has 108 valence electrons. The number of rotatable bonds is 2. The first-order valence-corrected chi connectivity index (χ1v) is 6.82. The number of halogens is 4. The van der Waals surface area contributed by atoms with Crippen LogP contribution in [0.25, 0.3) is 0 Å². The van der Waals surface area contributed by atoms with E-state index in [4.69, 9.17) is 16.9 Å². The van der Waals surface area contributed by atoms with Crippen LogP contribution in [0.4, 0.5) is 18.9 Å². The molecule has 0 amide bonds. The van der Waals surface area contributed by atoms with Gasteiger partial charge < -0.3 is 5.32 Å².